The number of hydrogen-bond donors (Lipinski definition) is 2. The Balaban J connectivity index is 2.30. The number of nitrogens with one attached hydrogen (secondary N) is 2. The molecule has 0 aliphatic rings. The molecule has 0 saturated heterocycles. The van der Waals surface area contributed by atoms with E-state index in [1.165, 1.54) is 7.05 Å². The van der Waals surface area contributed by atoms with Gasteiger partial charge in [-0.15, -0.1) is 0 Å². The Hall–Kier alpha value is -1.56. The number of halogens is 1. The zero-order valence-corrected chi connectivity index (χ0v) is 13.4. The molecule has 2 aromatic rings. The molecule has 2 aromatic carbocycles. The van der Waals surface area contributed by atoms with Crippen LogP contribution in [0.5, 0.6) is 0 Å². The monoisotopic (exact) mass is 324 g/mol. The molecule has 1 atom stereocenters. The lowest BCUT2D eigenvalue weighted by molar-refractivity contribution is 0.588. The van der Waals surface area contributed by atoms with Crippen LogP contribution in [0.15, 0.2) is 53.4 Å². The van der Waals surface area contributed by atoms with Crippen LogP contribution in [0.4, 0.5) is 5.69 Å². The molecule has 2 N–H and O–H groups in total. The van der Waals surface area contributed by atoms with E-state index in [9.17, 15) is 8.42 Å². The molecule has 0 bridgehead atoms. The van der Waals surface area contributed by atoms with Gasteiger partial charge >= 0.3 is 0 Å². The molecular weight excluding hydrogens is 308 g/mol. The van der Waals surface area contributed by atoms with Crippen LogP contribution in [0.25, 0.3) is 0 Å². The number of anilines is 1. The first-order valence-electron chi connectivity index (χ1n) is 6.48. The molecule has 112 valence electrons. The van der Waals surface area contributed by atoms with E-state index in [2.05, 4.69) is 10.0 Å². The number of benzene rings is 2. The molecule has 6 heteroatoms. The smallest absolute Gasteiger partial charge is 0.242 e. The minimum Gasteiger partial charge on any atom is -0.377 e. The third kappa shape index (κ3) is 3.75. The minimum absolute atomic E-state index is 0.0459. The first-order chi connectivity index (χ1) is 9.94. The lowest BCUT2D eigenvalue weighted by Crippen LogP contribution is -2.20. The molecule has 0 aromatic heterocycles. The molecule has 0 aliphatic carbocycles. The lowest BCUT2D eigenvalue weighted by Gasteiger charge is -2.18. The van der Waals surface area contributed by atoms with E-state index in [-0.39, 0.29) is 10.9 Å². The van der Waals surface area contributed by atoms with Crippen molar-refractivity contribution in [3.8, 4) is 0 Å². The van der Waals surface area contributed by atoms with Crippen molar-refractivity contribution in [3.05, 3.63) is 59.1 Å². The summed E-state index contributed by atoms with van der Waals surface area (Å²) < 4.78 is 26.4. The molecule has 0 amide bonds. The molecule has 0 heterocycles. The van der Waals surface area contributed by atoms with Gasteiger partial charge in [0.05, 0.1) is 5.69 Å². The fourth-order valence-electron chi connectivity index (χ4n) is 2.00. The van der Waals surface area contributed by atoms with Crippen LogP contribution in [-0.4, -0.2) is 15.5 Å². The van der Waals surface area contributed by atoms with Crippen LogP contribution in [0.1, 0.15) is 18.5 Å². The molecule has 21 heavy (non-hydrogen) atoms. The second kappa shape index (κ2) is 6.47. The highest BCUT2D eigenvalue weighted by Gasteiger charge is 2.17. The van der Waals surface area contributed by atoms with Gasteiger partial charge in [-0.2, -0.15) is 0 Å². The van der Waals surface area contributed by atoms with Crippen LogP contribution in [0.2, 0.25) is 5.02 Å². The highest BCUT2D eigenvalue weighted by Crippen LogP contribution is 2.26. The standard InChI is InChI=1S/C15H17ClN2O2S/c1-11(12-7-9-13(16)10-8-12)18-14-5-3-4-6-15(14)21(19,20)17-2/h3-11,17-18H,1-2H3. The molecule has 1 unspecified atom stereocenters. The highest BCUT2D eigenvalue weighted by molar-refractivity contribution is 7.89. The van der Waals surface area contributed by atoms with Crippen LogP contribution >= 0.6 is 11.6 Å². The lowest BCUT2D eigenvalue weighted by atomic mass is 10.1. The van der Waals surface area contributed by atoms with Gasteiger partial charge in [0.25, 0.3) is 0 Å². The number of hydrogen-bond acceptors (Lipinski definition) is 3. The third-order valence-corrected chi connectivity index (χ3v) is 4.91. The average molecular weight is 325 g/mol. The first kappa shape index (κ1) is 15.8. The summed E-state index contributed by atoms with van der Waals surface area (Å²) in [5, 5.41) is 3.89. The van der Waals surface area contributed by atoms with Crippen molar-refractivity contribution in [3.63, 3.8) is 0 Å². The summed E-state index contributed by atoms with van der Waals surface area (Å²) in [5.74, 6) is 0. The maximum Gasteiger partial charge on any atom is 0.242 e. The zero-order chi connectivity index (χ0) is 15.5. The molecule has 0 spiro atoms. The number of para-hydroxylation sites is 1. The van der Waals surface area contributed by atoms with Gasteiger partial charge in [-0.1, -0.05) is 35.9 Å². The normalized spacial score (nSPS) is 12.9. The van der Waals surface area contributed by atoms with Crippen LogP contribution < -0.4 is 10.0 Å². The molecule has 0 radical (unpaired) electrons. The molecule has 2 rings (SSSR count). The summed E-state index contributed by atoms with van der Waals surface area (Å²) in [6.45, 7) is 1.96. The number of rotatable bonds is 5. The Bertz CT molecular complexity index is 715. The molecule has 0 saturated carbocycles. The van der Waals surface area contributed by atoms with E-state index in [0.29, 0.717) is 10.7 Å². The quantitative estimate of drug-likeness (QED) is 0.886. The molecular formula is C15H17ClN2O2S. The van der Waals surface area contributed by atoms with Gasteiger partial charge in [0.1, 0.15) is 4.90 Å². The Labute approximate surface area is 130 Å². The van der Waals surface area contributed by atoms with E-state index >= 15 is 0 Å². The SMILES string of the molecule is CNS(=O)(=O)c1ccccc1NC(C)c1ccc(Cl)cc1. The second-order valence-electron chi connectivity index (χ2n) is 4.62. The maximum absolute atomic E-state index is 12.0. The van der Waals surface area contributed by atoms with Gasteiger partial charge in [0.15, 0.2) is 0 Å². The van der Waals surface area contributed by atoms with E-state index in [1.807, 2.05) is 31.2 Å². The molecule has 0 fully saturated rings. The van der Waals surface area contributed by atoms with E-state index < -0.39 is 10.0 Å². The van der Waals surface area contributed by atoms with Gasteiger partial charge in [0, 0.05) is 11.1 Å². The largest absolute Gasteiger partial charge is 0.377 e. The van der Waals surface area contributed by atoms with Crippen LogP contribution in [-0.2, 0) is 10.0 Å². The van der Waals surface area contributed by atoms with Crippen LogP contribution in [0, 0.1) is 0 Å². The Morgan fingerprint density at radius 3 is 2.29 bits per heavy atom. The van der Waals surface area contributed by atoms with Crippen molar-refractivity contribution in [2.75, 3.05) is 12.4 Å². The van der Waals surface area contributed by atoms with Crippen molar-refractivity contribution in [1.29, 1.82) is 0 Å². The second-order valence-corrected chi connectivity index (χ2v) is 6.91. The summed E-state index contributed by atoms with van der Waals surface area (Å²) in [6, 6.07) is 14.2. The first-order valence-corrected chi connectivity index (χ1v) is 8.35. The summed E-state index contributed by atoms with van der Waals surface area (Å²) in [7, 11) is -2.10. The third-order valence-electron chi connectivity index (χ3n) is 3.19. The average Bonchev–Trinajstić information content (AvgIpc) is 2.48. The van der Waals surface area contributed by atoms with Gasteiger partial charge in [0.2, 0.25) is 10.0 Å². The van der Waals surface area contributed by atoms with Crippen molar-refractivity contribution >= 4 is 27.3 Å². The Kier molecular flexibility index (Phi) is 4.88. The number of sulfonamides is 1. The van der Waals surface area contributed by atoms with Crippen molar-refractivity contribution in [2.45, 2.75) is 17.9 Å². The maximum atomic E-state index is 12.0. The fourth-order valence-corrected chi connectivity index (χ4v) is 3.02. The van der Waals surface area contributed by atoms with Crippen molar-refractivity contribution in [2.24, 2.45) is 0 Å². The summed E-state index contributed by atoms with van der Waals surface area (Å²) >= 11 is 5.87. The van der Waals surface area contributed by atoms with E-state index in [1.54, 1.807) is 24.3 Å². The van der Waals surface area contributed by atoms with Crippen molar-refractivity contribution < 1.29 is 8.42 Å². The predicted molar refractivity (Wildman–Crippen MR) is 86.2 cm³/mol. The van der Waals surface area contributed by atoms with Crippen LogP contribution in [0.3, 0.4) is 0 Å². The van der Waals surface area contributed by atoms with E-state index in [4.69, 9.17) is 11.6 Å². The topological polar surface area (TPSA) is 58.2 Å². The Morgan fingerprint density at radius 2 is 1.67 bits per heavy atom. The summed E-state index contributed by atoms with van der Waals surface area (Å²) in [4.78, 5) is 0.230. The predicted octanol–water partition coefficient (Wildman–Crippen LogP) is 3.42. The fraction of sp³-hybridized carbons (Fsp3) is 0.200. The van der Waals surface area contributed by atoms with Crippen molar-refractivity contribution in [1.82, 2.24) is 4.72 Å². The summed E-state index contributed by atoms with van der Waals surface area (Å²) in [6.07, 6.45) is 0. The summed E-state index contributed by atoms with van der Waals surface area (Å²) in [5.41, 5.74) is 1.59. The zero-order valence-electron chi connectivity index (χ0n) is 11.8. The van der Waals surface area contributed by atoms with Gasteiger partial charge < -0.3 is 5.32 Å². The Morgan fingerprint density at radius 1 is 1.05 bits per heavy atom. The molecule has 4 nitrogen and oxygen atoms in total. The minimum atomic E-state index is -3.50. The van der Waals surface area contributed by atoms with Gasteiger partial charge in [-0.05, 0) is 43.8 Å². The molecule has 0 aliphatic heterocycles. The van der Waals surface area contributed by atoms with Gasteiger partial charge in [-0.25, -0.2) is 13.1 Å². The highest BCUT2D eigenvalue weighted by atomic mass is 35.5. The van der Waals surface area contributed by atoms with Gasteiger partial charge in [-0.3, -0.25) is 0 Å². The van der Waals surface area contributed by atoms with E-state index in [0.717, 1.165) is 5.56 Å².